The summed E-state index contributed by atoms with van der Waals surface area (Å²) in [6.45, 7) is -0.821. The minimum absolute atomic E-state index is 0.104. The Labute approximate surface area is 179 Å². The molecule has 0 fully saturated rings. The Hall–Kier alpha value is -4.13. The van der Waals surface area contributed by atoms with Gasteiger partial charge in [-0.15, -0.1) is 0 Å². The maximum atomic E-state index is 12.4. The van der Waals surface area contributed by atoms with Crippen LogP contribution in [0.15, 0.2) is 78.9 Å². The van der Waals surface area contributed by atoms with Gasteiger partial charge < -0.3 is 19.5 Å². The van der Waals surface area contributed by atoms with Crippen molar-refractivity contribution >= 4 is 23.3 Å². The molecule has 0 heterocycles. The predicted molar refractivity (Wildman–Crippen MR) is 114 cm³/mol. The van der Waals surface area contributed by atoms with E-state index in [-0.39, 0.29) is 12.4 Å². The molecular formula is C24H21NO6. The van der Waals surface area contributed by atoms with Gasteiger partial charge in [0.2, 0.25) is 0 Å². The zero-order valence-corrected chi connectivity index (χ0v) is 16.9. The van der Waals surface area contributed by atoms with Gasteiger partial charge in [-0.3, -0.25) is 9.59 Å². The summed E-state index contributed by atoms with van der Waals surface area (Å²) in [6.07, 6.45) is 0. The third-order valence-corrected chi connectivity index (χ3v) is 4.25. The first kappa shape index (κ1) is 21.6. The smallest absolute Gasteiger partial charge is 0.344 e. The molecular weight excluding hydrogens is 398 g/mol. The first-order chi connectivity index (χ1) is 15.1. The summed E-state index contributed by atoms with van der Waals surface area (Å²) < 4.78 is 15.4. The van der Waals surface area contributed by atoms with Crippen molar-refractivity contribution in [3.63, 3.8) is 0 Å². The van der Waals surface area contributed by atoms with E-state index in [9.17, 15) is 14.4 Å². The normalized spacial score (nSPS) is 10.1. The highest BCUT2D eigenvalue weighted by Gasteiger charge is 2.12. The fraction of sp³-hybridized carbons (Fsp3) is 0.125. The second-order valence-electron chi connectivity index (χ2n) is 6.42. The molecule has 3 rings (SSSR count). The van der Waals surface area contributed by atoms with E-state index in [1.54, 1.807) is 72.8 Å². The SMILES string of the molecule is COc1ccccc1NC(=O)COC(=O)COc1ccc(C(=O)c2ccccc2)cc1. The number of anilines is 1. The lowest BCUT2D eigenvalue weighted by atomic mass is 10.0. The van der Waals surface area contributed by atoms with Crippen molar-refractivity contribution in [3.05, 3.63) is 90.0 Å². The Bertz CT molecular complexity index is 1050. The average Bonchev–Trinajstić information content (AvgIpc) is 2.82. The summed E-state index contributed by atoms with van der Waals surface area (Å²) in [6, 6.07) is 22.3. The van der Waals surface area contributed by atoms with Gasteiger partial charge in [-0.05, 0) is 36.4 Å². The Morgan fingerprint density at radius 2 is 1.42 bits per heavy atom. The van der Waals surface area contributed by atoms with E-state index in [1.807, 2.05) is 6.07 Å². The minimum atomic E-state index is -0.695. The number of carbonyl (C=O) groups excluding carboxylic acids is 3. The molecule has 1 amide bonds. The predicted octanol–water partition coefficient (Wildman–Crippen LogP) is 3.49. The molecule has 3 aromatic carbocycles. The van der Waals surface area contributed by atoms with Gasteiger partial charge in [0.05, 0.1) is 12.8 Å². The lowest BCUT2D eigenvalue weighted by Gasteiger charge is -2.10. The standard InChI is InChI=1S/C24H21NO6/c1-29-21-10-6-5-9-20(21)25-22(26)15-31-23(27)16-30-19-13-11-18(12-14-19)24(28)17-7-3-2-4-8-17/h2-14H,15-16H2,1H3,(H,25,26). The molecule has 0 unspecified atom stereocenters. The molecule has 0 saturated carbocycles. The van der Waals surface area contributed by atoms with Gasteiger partial charge in [0.15, 0.2) is 19.0 Å². The van der Waals surface area contributed by atoms with Crippen molar-refractivity contribution in [2.75, 3.05) is 25.6 Å². The monoisotopic (exact) mass is 419 g/mol. The average molecular weight is 419 g/mol. The van der Waals surface area contributed by atoms with Gasteiger partial charge in [0.1, 0.15) is 11.5 Å². The van der Waals surface area contributed by atoms with Crippen molar-refractivity contribution in [2.45, 2.75) is 0 Å². The number of hydrogen-bond acceptors (Lipinski definition) is 6. The van der Waals surface area contributed by atoms with Crippen molar-refractivity contribution in [1.82, 2.24) is 0 Å². The molecule has 7 nitrogen and oxygen atoms in total. The number of para-hydroxylation sites is 2. The summed E-state index contributed by atoms with van der Waals surface area (Å²) in [5.74, 6) is -0.395. The summed E-state index contributed by atoms with van der Waals surface area (Å²) >= 11 is 0. The number of esters is 1. The molecule has 31 heavy (non-hydrogen) atoms. The van der Waals surface area contributed by atoms with Gasteiger partial charge in [-0.2, -0.15) is 0 Å². The van der Waals surface area contributed by atoms with Crippen LogP contribution in [0.3, 0.4) is 0 Å². The number of hydrogen-bond donors (Lipinski definition) is 1. The van der Waals surface area contributed by atoms with Gasteiger partial charge in [0.25, 0.3) is 5.91 Å². The number of rotatable bonds is 9. The van der Waals surface area contributed by atoms with E-state index >= 15 is 0 Å². The maximum absolute atomic E-state index is 12.4. The topological polar surface area (TPSA) is 90.9 Å². The van der Waals surface area contributed by atoms with Crippen molar-refractivity contribution < 1.29 is 28.6 Å². The lowest BCUT2D eigenvalue weighted by Crippen LogP contribution is -2.23. The minimum Gasteiger partial charge on any atom is -0.495 e. The number of methoxy groups -OCH3 is 1. The summed E-state index contributed by atoms with van der Waals surface area (Å²) in [5.41, 5.74) is 1.58. The first-order valence-corrected chi connectivity index (χ1v) is 9.48. The van der Waals surface area contributed by atoms with Crippen LogP contribution in [0.2, 0.25) is 0 Å². The van der Waals surface area contributed by atoms with Crippen LogP contribution in [0.5, 0.6) is 11.5 Å². The second-order valence-corrected chi connectivity index (χ2v) is 6.42. The highest BCUT2D eigenvalue weighted by molar-refractivity contribution is 6.09. The number of ether oxygens (including phenoxy) is 3. The van der Waals surface area contributed by atoms with E-state index in [1.165, 1.54) is 7.11 Å². The van der Waals surface area contributed by atoms with E-state index < -0.39 is 18.5 Å². The quantitative estimate of drug-likeness (QED) is 0.422. The molecule has 0 spiro atoms. The second kappa shape index (κ2) is 10.6. The molecule has 0 aliphatic carbocycles. The number of ketones is 1. The van der Waals surface area contributed by atoms with Gasteiger partial charge in [-0.25, -0.2) is 4.79 Å². The van der Waals surface area contributed by atoms with Gasteiger partial charge >= 0.3 is 5.97 Å². The van der Waals surface area contributed by atoms with E-state index in [0.29, 0.717) is 28.3 Å². The van der Waals surface area contributed by atoms with E-state index in [4.69, 9.17) is 14.2 Å². The maximum Gasteiger partial charge on any atom is 0.344 e. The first-order valence-electron chi connectivity index (χ1n) is 9.48. The molecule has 0 aromatic heterocycles. The molecule has 0 radical (unpaired) electrons. The fourth-order valence-corrected chi connectivity index (χ4v) is 2.72. The molecule has 0 saturated heterocycles. The van der Waals surface area contributed by atoms with Crippen LogP contribution in [0.1, 0.15) is 15.9 Å². The van der Waals surface area contributed by atoms with Gasteiger partial charge in [0, 0.05) is 11.1 Å². The molecule has 0 aliphatic heterocycles. The fourth-order valence-electron chi connectivity index (χ4n) is 2.72. The number of carbonyl (C=O) groups is 3. The van der Waals surface area contributed by atoms with Crippen molar-refractivity contribution in [1.29, 1.82) is 0 Å². The number of benzene rings is 3. The van der Waals surface area contributed by atoms with Crippen LogP contribution < -0.4 is 14.8 Å². The summed E-state index contributed by atoms with van der Waals surface area (Å²) in [7, 11) is 1.49. The molecule has 0 aliphatic rings. The Kier molecular flexibility index (Phi) is 7.37. The largest absolute Gasteiger partial charge is 0.495 e. The molecule has 1 N–H and O–H groups in total. The van der Waals surface area contributed by atoms with E-state index in [0.717, 1.165) is 0 Å². The van der Waals surface area contributed by atoms with Crippen LogP contribution in [0, 0.1) is 0 Å². The van der Waals surface area contributed by atoms with Crippen LogP contribution in [0.25, 0.3) is 0 Å². The molecule has 3 aromatic rings. The van der Waals surface area contributed by atoms with Crippen molar-refractivity contribution in [2.24, 2.45) is 0 Å². The molecule has 0 bridgehead atoms. The van der Waals surface area contributed by atoms with E-state index in [2.05, 4.69) is 5.32 Å². The lowest BCUT2D eigenvalue weighted by molar-refractivity contribution is -0.149. The summed E-state index contributed by atoms with van der Waals surface area (Å²) in [5, 5.41) is 2.61. The number of nitrogens with one attached hydrogen (secondary N) is 1. The van der Waals surface area contributed by atoms with Crippen molar-refractivity contribution in [3.8, 4) is 11.5 Å². The zero-order valence-electron chi connectivity index (χ0n) is 16.9. The molecule has 0 atom stereocenters. The van der Waals surface area contributed by atoms with Gasteiger partial charge in [-0.1, -0.05) is 42.5 Å². The third-order valence-electron chi connectivity index (χ3n) is 4.25. The van der Waals surface area contributed by atoms with Crippen LogP contribution in [-0.4, -0.2) is 38.0 Å². The zero-order chi connectivity index (χ0) is 22.1. The molecule has 158 valence electrons. The highest BCUT2D eigenvalue weighted by atomic mass is 16.6. The Morgan fingerprint density at radius 3 is 2.13 bits per heavy atom. The Morgan fingerprint density at radius 1 is 0.774 bits per heavy atom. The van der Waals surface area contributed by atoms with Crippen LogP contribution >= 0.6 is 0 Å². The molecule has 7 heteroatoms. The third kappa shape index (κ3) is 6.17. The van der Waals surface area contributed by atoms with Crippen LogP contribution in [-0.2, 0) is 14.3 Å². The highest BCUT2D eigenvalue weighted by Crippen LogP contribution is 2.22. The number of amides is 1. The summed E-state index contributed by atoms with van der Waals surface area (Å²) in [4.78, 5) is 36.2. The van der Waals surface area contributed by atoms with Crippen LogP contribution in [0.4, 0.5) is 5.69 Å². The Balaban J connectivity index is 1.44.